The molecule has 0 aliphatic heterocycles. The van der Waals surface area contributed by atoms with Gasteiger partial charge in [-0.05, 0) is 13.3 Å². The van der Waals surface area contributed by atoms with Crippen molar-refractivity contribution in [2.45, 2.75) is 32.9 Å². The van der Waals surface area contributed by atoms with E-state index in [9.17, 15) is 0 Å². The Morgan fingerprint density at radius 2 is 2.00 bits per heavy atom. The van der Waals surface area contributed by atoms with Gasteiger partial charge in [0.05, 0.1) is 5.69 Å². The van der Waals surface area contributed by atoms with Gasteiger partial charge in [-0.15, -0.1) is 0 Å². The molecule has 1 aromatic carbocycles. The summed E-state index contributed by atoms with van der Waals surface area (Å²) in [5, 5.41) is 1.05. The molecule has 0 saturated carbocycles. The topological polar surface area (TPSA) is 42.2 Å². The van der Waals surface area contributed by atoms with Crippen LogP contribution in [0.25, 0.3) is 11.3 Å². The van der Waals surface area contributed by atoms with Crippen molar-refractivity contribution in [2.75, 3.05) is 11.9 Å². The second kappa shape index (κ2) is 6.17. The van der Waals surface area contributed by atoms with Crippen molar-refractivity contribution in [3.05, 3.63) is 35.2 Å². The molecule has 1 aromatic heterocycles. The monoisotopic (exact) mass is 275 g/mol. The molecule has 1 heterocycles. The van der Waals surface area contributed by atoms with Gasteiger partial charge in [-0.1, -0.05) is 48.6 Å². The van der Waals surface area contributed by atoms with Crippen LogP contribution in [0.1, 0.15) is 25.1 Å². The Morgan fingerprint density at radius 3 is 2.58 bits per heavy atom. The molecular formula is C15H21N3S. The standard InChI is InChI=1S/C15H21N3S/c1-4-11(2)18(3)15-17-14(13(10-16)19-15)12-8-6-5-7-9-12/h5-9,11H,4,10,16H2,1-3H3. The minimum absolute atomic E-state index is 0.486. The molecule has 0 spiro atoms. The average molecular weight is 275 g/mol. The second-order valence-corrected chi connectivity index (χ2v) is 5.77. The summed E-state index contributed by atoms with van der Waals surface area (Å²) in [4.78, 5) is 8.17. The molecule has 0 saturated heterocycles. The van der Waals surface area contributed by atoms with Crippen LogP contribution in [0.5, 0.6) is 0 Å². The van der Waals surface area contributed by atoms with Crippen molar-refractivity contribution in [3.8, 4) is 11.3 Å². The van der Waals surface area contributed by atoms with Crippen LogP contribution in [-0.4, -0.2) is 18.1 Å². The summed E-state index contributed by atoms with van der Waals surface area (Å²) in [6, 6.07) is 10.7. The van der Waals surface area contributed by atoms with Gasteiger partial charge in [0.2, 0.25) is 0 Å². The Morgan fingerprint density at radius 1 is 1.32 bits per heavy atom. The molecule has 2 N–H and O–H groups in total. The third-order valence-electron chi connectivity index (χ3n) is 3.47. The number of nitrogens with two attached hydrogens (primary N) is 1. The number of nitrogens with zero attached hydrogens (tertiary/aromatic N) is 2. The highest BCUT2D eigenvalue weighted by atomic mass is 32.1. The summed E-state index contributed by atoms with van der Waals surface area (Å²) in [5.41, 5.74) is 8.03. The van der Waals surface area contributed by atoms with E-state index in [1.165, 1.54) is 0 Å². The zero-order valence-electron chi connectivity index (χ0n) is 11.8. The van der Waals surface area contributed by atoms with E-state index in [4.69, 9.17) is 10.7 Å². The van der Waals surface area contributed by atoms with Gasteiger partial charge in [-0.25, -0.2) is 4.98 Å². The molecule has 1 unspecified atom stereocenters. The highest BCUT2D eigenvalue weighted by molar-refractivity contribution is 7.16. The van der Waals surface area contributed by atoms with E-state index in [1.807, 2.05) is 18.2 Å². The lowest BCUT2D eigenvalue weighted by molar-refractivity contribution is 0.662. The molecule has 2 aromatic rings. The maximum Gasteiger partial charge on any atom is 0.186 e. The van der Waals surface area contributed by atoms with Crippen LogP contribution in [0.4, 0.5) is 5.13 Å². The Bertz CT molecular complexity index is 521. The summed E-state index contributed by atoms with van der Waals surface area (Å²) in [5.74, 6) is 0. The Kier molecular flexibility index (Phi) is 4.56. The van der Waals surface area contributed by atoms with E-state index < -0.39 is 0 Å². The molecule has 0 fully saturated rings. The summed E-state index contributed by atoms with van der Waals surface area (Å²) >= 11 is 1.70. The summed E-state index contributed by atoms with van der Waals surface area (Å²) in [6.45, 7) is 4.94. The van der Waals surface area contributed by atoms with Gasteiger partial charge in [-0.3, -0.25) is 0 Å². The fourth-order valence-corrected chi connectivity index (χ4v) is 2.94. The van der Waals surface area contributed by atoms with Gasteiger partial charge in [-0.2, -0.15) is 0 Å². The minimum Gasteiger partial charge on any atom is -0.348 e. The predicted octanol–water partition coefficient (Wildman–Crippen LogP) is 3.50. The summed E-state index contributed by atoms with van der Waals surface area (Å²) in [7, 11) is 2.10. The van der Waals surface area contributed by atoms with E-state index in [0.717, 1.165) is 27.7 Å². The van der Waals surface area contributed by atoms with Crippen LogP contribution >= 0.6 is 11.3 Å². The first-order chi connectivity index (χ1) is 9.17. The Hall–Kier alpha value is -1.39. The van der Waals surface area contributed by atoms with Crippen LogP contribution in [0.2, 0.25) is 0 Å². The largest absolute Gasteiger partial charge is 0.348 e. The van der Waals surface area contributed by atoms with Crippen molar-refractivity contribution in [1.82, 2.24) is 4.98 Å². The molecule has 4 heteroatoms. The van der Waals surface area contributed by atoms with Gasteiger partial charge in [0.25, 0.3) is 0 Å². The number of anilines is 1. The van der Waals surface area contributed by atoms with Crippen LogP contribution < -0.4 is 10.6 Å². The van der Waals surface area contributed by atoms with Crippen molar-refractivity contribution in [2.24, 2.45) is 5.73 Å². The molecule has 0 aliphatic carbocycles. The third kappa shape index (κ3) is 2.96. The SMILES string of the molecule is CCC(C)N(C)c1nc(-c2ccccc2)c(CN)s1. The van der Waals surface area contributed by atoms with E-state index in [-0.39, 0.29) is 0 Å². The first kappa shape index (κ1) is 14.0. The van der Waals surface area contributed by atoms with Gasteiger partial charge in [0.1, 0.15) is 0 Å². The predicted molar refractivity (Wildman–Crippen MR) is 83.6 cm³/mol. The number of rotatable bonds is 5. The Labute approximate surface area is 119 Å². The van der Waals surface area contributed by atoms with Crippen molar-refractivity contribution in [1.29, 1.82) is 0 Å². The molecule has 1 atom stereocenters. The third-order valence-corrected chi connectivity index (χ3v) is 4.64. The maximum absolute atomic E-state index is 5.86. The summed E-state index contributed by atoms with van der Waals surface area (Å²) < 4.78 is 0. The van der Waals surface area contributed by atoms with Gasteiger partial charge in [0.15, 0.2) is 5.13 Å². The van der Waals surface area contributed by atoms with Crippen LogP contribution in [0, 0.1) is 0 Å². The van der Waals surface area contributed by atoms with Gasteiger partial charge >= 0.3 is 0 Å². The van der Waals surface area contributed by atoms with E-state index >= 15 is 0 Å². The number of thiazole rings is 1. The van der Waals surface area contributed by atoms with Crippen molar-refractivity contribution < 1.29 is 0 Å². The number of benzene rings is 1. The first-order valence-corrected chi connectivity index (χ1v) is 7.47. The first-order valence-electron chi connectivity index (χ1n) is 6.65. The summed E-state index contributed by atoms with van der Waals surface area (Å²) in [6.07, 6.45) is 1.11. The van der Waals surface area contributed by atoms with Crippen molar-refractivity contribution >= 4 is 16.5 Å². The van der Waals surface area contributed by atoms with Gasteiger partial charge in [0, 0.05) is 30.1 Å². The van der Waals surface area contributed by atoms with Crippen LogP contribution in [-0.2, 0) is 6.54 Å². The molecule has 0 amide bonds. The van der Waals surface area contributed by atoms with E-state index in [0.29, 0.717) is 12.6 Å². The highest BCUT2D eigenvalue weighted by Gasteiger charge is 2.16. The maximum atomic E-state index is 5.86. The molecule has 0 aliphatic rings. The molecule has 102 valence electrons. The molecule has 2 rings (SSSR count). The number of hydrogen-bond acceptors (Lipinski definition) is 4. The quantitative estimate of drug-likeness (QED) is 0.908. The molecule has 19 heavy (non-hydrogen) atoms. The lowest BCUT2D eigenvalue weighted by Crippen LogP contribution is -2.27. The number of hydrogen-bond donors (Lipinski definition) is 1. The van der Waals surface area contributed by atoms with Crippen LogP contribution in [0.15, 0.2) is 30.3 Å². The van der Waals surface area contributed by atoms with Crippen molar-refractivity contribution in [3.63, 3.8) is 0 Å². The zero-order valence-corrected chi connectivity index (χ0v) is 12.6. The molecule has 0 radical (unpaired) electrons. The number of aromatic nitrogens is 1. The molecule has 0 bridgehead atoms. The smallest absolute Gasteiger partial charge is 0.186 e. The van der Waals surface area contributed by atoms with Crippen LogP contribution in [0.3, 0.4) is 0 Å². The average Bonchev–Trinajstić information content (AvgIpc) is 2.90. The van der Waals surface area contributed by atoms with Gasteiger partial charge < -0.3 is 10.6 Å². The highest BCUT2D eigenvalue weighted by Crippen LogP contribution is 2.33. The van der Waals surface area contributed by atoms with E-state index in [1.54, 1.807) is 11.3 Å². The fourth-order valence-electron chi connectivity index (χ4n) is 1.91. The zero-order chi connectivity index (χ0) is 13.8. The minimum atomic E-state index is 0.486. The fraction of sp³-hybridized carbons (Fsp3) is 0.400. The lowest BCUT2D eigenvalue weighted by atomic mass is 10.1. The lowest BCUT2D eigenvalue weighted by Gasteiger charge is -2.22. The second-order valence-electron chi connectivity index (χ2n) is 4.71. The molecule has 3 nitrogen and oxygen atoms in total. The Balaban J connectivity index is 2.38. The molecular weight excluding hydrogens is 254 g/mol. The van der Waals surface area contributed by atoms with E-state index in [2.05, 4.69) is 37.9 Å². The normalized spacial score (nSPS) is 12.4.